The van der Waals surface area contributed by atoms with Crippen molar-refractivity contribution in [3.8, 4) is 21.1 Å². The van der Waals surface area contributed by atoms with E-state index in [0.717, 1.165) is 31.5 Å². The van der Waals surface area contributed by atoms with Crippen molar-refractivity contribution >= 4 is 38.4 Å². The lowest BCUT2D eigenvalue weighted by molar-refractivity contribution is 1.02. The molecule has 24 heavy (non-hydrogen) atoms. The van der Waals surface area contributed by atoms with E-state index < -0.39 is 0 Å². The predicted octanol–water partition coefficient (Wildman–Crippen LogP) is 4.03. The molecule has 5 nitrogen and oxygen atoms in total. The number of H-pyrrole nitrogens is 1. The third-order valence-electron chi connectivity index (χ3n) is 3.88. The van der Waals surface area contributed by atoms with E-state index in [1.165, 1.54) is 0 Å². The molecule has 0 bridgehead atoms. The van der Waals surface area contributed by atoms with E-state index in [4.69, 9.17) is 0 Å². The molecule has 0 amide bonds. The number of fused-ring (bicyclic) bond motifs is 2. The van der Waals surface area contributed by atoms with E-state index in [1.807, 2.05) is 58.6 Å². The van der Waals surface area contributed by atoms with Crippen LogP contribution in [0.15, 0.2) is 59.0 Å². The number of hydrogen-bond acceptors (Lipinski definition) is 5. The molecule has 0 aliphatic rings. The fourth-order valence-electron chi connectivity index (χ4n) is 2.75. The maximum absolute atomic E-state index is 11.9. The highest BCUT2D eigenvalue weighted by atomic mass is 32.1. The molecule has 0 atom stereocenters. The van der Waals surface area contributed by atoms with Gasteiger partial charge < -0.3 is 0 Å². The molecule has 5 aromatic rings. The van der Waals surface area contributed by atoms with Gasteiger partial charge in [-0.2, -0.15) is 5.10 Å². The van der Waals surface area contributed by atoms with Crippen molar-refractivity contribution in [1.29, 1.82) is 0 Å². The molecule has 4 heterocycles. The van der Waals surface area contributed by atoms with E-state index in [9.17, 15) is 4.79 Å². The van der Waals surface area contributed by atoms with Gasteiger partial charge in [0.15, 0.2) is 4.96 Å². The van der Waals surface area contributed by atoms with Gasteiger partial charge in [0.1, 0.15) is 11.4 Å². The fourth-order valence-corrected chi connectivity index (χ4v) is 4.42. The lowest BCUT2D eigenvalue weighted by Crippen LogP contribution is -2.08. The lowest BCUT2D eigenvalue weighted by Gasteiger charge is -2.01. The zero-order chi connectivity index (χ0) is 16.1. The summed E-state index contributed by atoms with van der Waals surface area (Å²) in [5, 5.41) is 10.4. The molecular formula is C17H10N4OS2. The Bertz CT molecular complexity index is 1220. The maximum atomic E-state index is 11.9. The van der Waals surface area contributed by atoms with Gasteiger partial charge in [0, 0.05) is 23.2 Å². The summed E-state index contributed by atoms with van der Waals surface area (Å²) in [5.41, 5.74) is 1.58. The number of aromatic amines is 1. The molecule has 1 aromatic carbocycles. The number of benzene rings is 1. The first kappa shape index (κ1) is 13.6. The second-order valence-corrected chi connectivity index (χ2v) is 7.29. The van der Waals surface area contributed by atoms with E-state index in [2.05, 4.69) is 15.2 Å². The number of thiophene rings is 1. The van der Waals surface area contributed by atoms with Gasteiger partial charge in [0.05, 0.1) is 15.1 Å². The smallest absolute Gasteiger partial charge is 0.272 e. The highest BCUT2D eigenvalue weighted by Crippen LogP contribution is 2.35. The fraction of sp³-hybridized carbons (Fsp3) is 0. The van der Waals surface area contributed by atoms with Gasteiger partial charge in [0.2, 0.25) is 0 Å². The summed E-state index contributed by atoms with van der Waals surface area (Å²) in [6, 6.07) is 11.6. The molecule has 1 N–H and O–H groups in total. The molecule has 0 unspecified atom stereocenters. The van der Waals surface area contributed by atoms with Gasteiger partial charge in [-0.1, -0.05) is 18.2 Å². The van der Waals surface area contributed by atoms with E-state index in [1.54, 1.807) is 22.7 Å². The molecule has 0 spiro atoms. The topological polar surface area (TPSA) is 63.0 Å². The number of thiazole rings is 1. The van der Waals surface area contributed by atoms with Gasteiger partial charge in [-0.15, -0.1) is 22.7 Å². The highest BCUT2D eigenvalue weighted by Gasteiger charge is 2.13. The zero-order valence-corrected chi connectivity index (χ0v) is 13.9. The minimum absolute atomic E-state index is 0.166. The summed E-state index contributed by atoms with van der Waals surface area (Å²) in [4.78, 5) is 19.6. The molecular weight excluding hydrogens is 340 g/mol. The number of imidazole rings is 1. The average Bonchev–Trinajstić information content (AvgIpc) is 3.30. The second kappa shape index (κ2) is 5.12. The van der Waals surface area contributed by atoms with E-state index in [-0.39, 0.29) is 5.56 Å². The van der Waals surface area contributed by atoms with Crippen LogP contribution in [0.1, 0.15) is 0 Å². The van der Waals surface area contributed by atoms with Crippen molar-refractivity contribution in [2.45, 2.75) is 0 Å². The van der Waals surface area contributed by atoms with Crippen LogP contribution in [0.2, 0.25) is 0 Å². The Morgan fingerprint density at radius 3 is 2.75 bits per heavy atom. The molecule has 4 aromatic heterocycles. The first-order chi connectivity index (χ1) is 11.8. The Labute approximate surface area is 143 Å². The molecule has 0 saturated heterocycles. The number of nitrogens with one attached hydrogen (secondary N) is 1. The van der Waals surface area contributed by atoms with Crippen molar-refractivity contribution in [1.82, 2.24) is 19.6 Å². The van der Waals surface area contributed by atoms with Crippen LogP contribution in [0, 0.1) is 0 Å². The monoisotopic (exact) mass is 350 g/mol. The van der Waals surface area contributed by atoms with Crippen molar-refractivity contribution in [2.75, 3.05) is 0 Å². The summed E-state index contributed by atoms with van der Waals surface area (Å²) in [6.45, 7) is 0. The minimum atomic E-state index is -0.166. The maximum Gasteiger partial charge on any atom is 0.272 e. The molecule has 116 valence electrons. The predicted molar refractivity (Wildman–Crippen MR) is 97.7 cm³/mol. The molecule has 0 fully saturated rings. The average molecular weight is 350 g/mol. The molecule has 0 aliphatic heterocycles. The molecule has 0 radical (unpaired) electrons. The van der Waals surface area contributed by atoms with Gasteiger partial charge in [0.25, 0.3) is 5.56 Å². The summed E-state index contributed by atoms with van der Waals surface area (Å²) in [7, 11) is 0. The van der Waals surface area contributed by atoms with Crippen LogP contribution in [-0.2, 0) is 0 Å². The summed E-state index contributed by atoms with van der Waals surface area (Å²) >= 11 is 3.24. The van der Waals surface area contributed by atoms with Gasteiger partial charge in [-0.05, 0) is 18.2 Å². The third-order valence-corrected chi connectivity index (χ3v) is 5.77. The first-order valence-corrected chi connectivity index (χ1v) is 8.99. The van der Waals surface area contributed by atoms with Crippen LogP contribution in [0.3, 0.4) is 0 Å². The summed E-state index contributed by atoms with van der Waals surface area (Å²) in [5.74, 6) is 0. The third kappa shape index (κ3) is 2.02. The molecule has 7 heteroatoms. The minimum Gasteiger partial charge on any atom is -0.297 e. The normalized spacial score (nSPS) is 11.5. The molecule has 5 rings (SSSR count). The van der Waals surface area contributed by atoms with Crippen LogP contribution in [0.4, 0.5) is 0 Å². The summed E-state index contributed by atoms with van der Waals surface area (Å²) < 4.78 is 2.02. The van der Waals surface area contributed by atoms with Crippen LogP contribution in [0.5, 0.6) is 0 Å². The van der Waals surface area contributed by atoms with Crippen molar-refractivity contribution in [2.24, 2.45) is 0 Å². The number of hydrogen-bond donors (Lipinski definition) is 1. The lowest BCUT2D eigenvalue weighted by atomic mass is 10.1. The Balaban J connectivity index is 1.66. The van der Waals surface area contributed by atoms with Gasteiger partial charge in [-0.25, -0.2) is 10.1 Å². The Morgan fingerprint density at radius 2 is 1.88 bits per heavy atom. The number of aromatic nitrogens is 4. The van der Waals surface area contributed by atoms with Crippen molar-refractivity contribution < 1.29 is 0 Å². The quantitative estimate of drug-likeness (QED) is 0.523. The van der Waals surface area contributed by atoms with Crippen LogP contribution in [-0.4, -0.2) is 19.6 Å². The first-order valence-electron chi connectivity index (χ1n) is 7.30. The Kier molecular flexibility index (Phi) is 2.91. The zero-order valence-electron chi connectivity index (χ0n) is 12.3. The summed E-state index contributed by atoms with van der Waals surface area (Å²) in [6.07, 6.45) is 4.03. The van der Waals surface area contributed by atoms with Crippen LogP contribution in [0.25, 0.3) is 36.9 Å². The number of nitrogens with zero attached hydrogens (tertiary/aromatic N) is 3. The van der Waals surface area contributed by atoms with E-state index >= 15 is 0 Å². The van der Waals surface area contributed by atoms with Gasteiger partial charge >= 0.3 is 0 Å². The SMILES string of the molecule is O=c1[nH]nc(-c2ccc(-c3cn4ccsc4n3)s2)c2ccccc12. The largest absolute Gasteiger partial charge is 0.297 e. The second-order valence-electron chi connectivity index (χ2n) is 5.33. The standard InChI is InChI=1S/C17H10N4OS2/c22-16-11-4-2-1-3-10(11)15(19-20-16)14-6-5-13(24-14)12-9-21-7-8-23-17(21)18-12/h1-9H,(H,20,22). The van der Waals surface area contributed by atoms with Crippen molar-refractivity contribution in [3.63, 3.8) is 0 Å². The van der Waals surface area contributed by atoms with E-state index in [0.29, 0.717) is 5.39 Å². The van der Waals surface area contributed by atoms with Crippen molar-refractivity contribution in [3.05, 3.63) is 64.5 Å². The Hall–Kier alpha value is -2.77. The molecule has 0 saturated carbocycles. The van der Waals surface area contributed by atoms with Crippen LogP contribution < -0.4 is 5.56 Å². The molecule has 0 aliphatic carbocycles. The van der Waals surface area contributed by atoms with Crippen LogP contribution >= 0.6 is 22.7 Å². The highest BCUT2D eigenvalue weighted by molar-refractivity contribution is 7.19. The number of rotatable bonds is 2. The van der Waals surface area contributed by atoms with Gasteiger partial charge in [-0.3, -0.25) is 9.20 Å². The Morgan fingerprint density at radius 1 is 1.04 bits per heavy atom.